The monoisotopic (exact) mass is 266 g/mol. The average Bonchev–Trinajstić information content (AvgIpc) is 2.35. The molecule has 1 amide bonds. The number of carbonyl (C=O) groups excluding carboxylic acids is 1. The fourth-order valence-electron chi connectivity index (χ4n) is 1.37. The van der Waals surface area contributed by atoms with Crippen LogP contribution in [0.2, 0.25) is 0 Å². The van der Waals surface area contributed by atoms with Crippen molar-refractivity contribution >= 4 is 23.1 Å². The van der Waals surface area contributed by atoms with Gasteiger partial charge in [0.15, 0.2) is 6.61 Å². The Balaban J connectivity index is 2.39. The van der Waals surface area contributed by atoms with E-state index in [1.54, 1.807) is 12.1 Å². The third-order valence-corrected chi connectivity index (χ3v) is 2.39. The summed E-state index contributed by atoms with van der Waals surface area (Å²) in [4.78, 5) is 11.8. The lowest BCUT2D eigenvalue weighted by Gasteiger charge is -2.07. The number of amides is 1. The van der Waals surface area contributed by atoms with Crippen molar-refractivity contribution in [1.29, 1.82) is 0 Å². The van der Waals surface area contributed by atoms with Crippen molar-refractivity contribution in [3.05, 3.63) is 29.8 Å². The molecule has 5 heteroatoms. The summed E-state index contributed by atoms with van der Waals surface area (Å²) < 4.78 is 5.35. The number of ether oxygens (including phenoxy) is 1. The minimum atomic E-state index is -0.107. The van der Waals surface area contributed by atoms with Gasteiger partial charge in [0.05, 0.1) is 4.99 Å². The molecule has 0 radical (unpaired) electrons. The zero-order valence-electron chi connectivity index (χ0n) is 10.4. The number of rotatable bonds is 7. The Morgan fingerprint density at radius 3 is 2.61 bits per heavy atom. The normalized spacial score (nSPS) is 9.83. The van der Waals surface area contributed by atoms with Crippen molar-refractivity contribution in [2.45, 2.75) is 19.8 Å². The molecule has 0 fully saturated rings. The predicted octanol–water partition coefficient (Wildman–Crippen LogP) is 1.42. The van der Waals surface area contributed by atoms with E-state index in [0.29, 0.717) is 23.7 Å². The highest BCUT2D eigenvalue weighted by atomic mass is 32.1. The van der Waals surface area contributed by atoms with Crippen LogP contribution in [0.25, 0.3) is 0 Å². The molecule has 0 bridgehead atoms. The first kappa shape index (κ1) is 14.4. The molecule has 1 aromatic rings. The van der Waals surface area contributed by atoms with Gasteiger partial charge in [-0.2, -0.15) is 0 Å². The molecule has 18 heavy (non-hydrogen) atoms. The van der Waals surface area contributed by atoms with Crippen molar-refractivity contribution < 1.29 is 9.53 Å². The molecule has 0 aliphatic heterocycles. The number of nitrogens with two attached hydrogens (primary N) is 1. The van der Waals surface area contributed by atoms with Gasteiger partial charge in [-0.1, -0.05) is 31.3 Å². The first-order valence-electron chi connectivity index (χ1n) is 5.88. The second kappa shape index (κ2) is 7.66. The minimum Gasteiger partial charge on any atom is -0.484 e. The first-order chi connectivity index (χ1) is 8.61. The van der Waals surface area contributed by atoms with Crippen molar-refractivity contribution in [3.63, 3.8) is 0 Å². The third-order valence-electron chi connectivity index (χ3n) is 2.24. The van der Waals surface area contributed by atoms with E-state index in [4.69, 9.17) is 22.7 Å². The van der Waals surface area contributed by atoms with Gasteiger partial charge in [-0.05, 0) is 24.1 Å². The predicted molar refractivity (Wildman–Crippen MR) is 75.7 cm³/mol. The third kappa shape index (κ3) is 5.63. The van der Waals surface area contributed by atoms with E-state index in [1.807, 2.05) is 19.1 Å². The van der Waals surface area contributed by atoms with E-state index in [-0.39, 0.29) is 12.5 Å². The van der Waals surface area contributed by atoms with Crippen LogP contribution < -0.4 is 15.8 Å². The van der Waals surface area contributed by atoms with E-state index in [1.165, 1.54) is 0 Å². The van der Waals surface area contributed by atoms with Crippen LogP contribution in [0.3, 0.4) is 0 Å². The Kier molecular flexibility index (Phi) is 6.14. The van der Waals surface area contributed by atoms with Gasteiger partial charge in [0, 0.05) is 13.0 Å². The molecule has 4 nitrogen and oxygen atoms in total. The molecule has 1 rings (SSSR count). The molecule has 0 aromatic heterocycles. The Morgan fingerprint density at radius 2 is 2.06 bits per heavy atom. The summed E-state index contributed by atoms with van der Waals surface area (Å²) in [7, 11) is 0. The molecular weight excluding hydrogens is 248 g/mol. The summed E-state index contributed by atoms with van der Waals surface area (Å²) in [6, 6.07) is 7.39. The Hall–Kier alpha value is -1.62. The smallest absolute Gasteiger partial charge is 0.257 e. The van der Waals surface area contributed by atoms with Crippen LogP contribution in [0.15, 0.2) is 24.3 Å². The Labute approximate surface area is 113 Å². The Morgan fingerprint density at radius 1 is 1.39 bits per heavy atom. The van der Waals surface area contributed by atoms with Crippen LogP contribution in [0.5, 0.6) is 5.75 Å². The van der Waals surface area contributed by atoms with E-state index >= 15 is 0 Å². The summed E-state index contributed by atoms with van der Waals surface area (Å²) in [5.41, 5.74) is 6.49. The molecule has 98 valence electrons. The highest BCUT2D eigenvalue weighted by Gasteiger charge is 2.02. The van der Waals surface area contributed by atoms with Crippen LogP contribution in [0.4, 0.5) is 0 Å². The molecule has 1 aromatic carbocycles. The summed E-state index contributed by atoms with van der Waals surface area (Å²) in [5.74, 6) is 0.553. The van der Waals surface area contributed by atoms with E-state index < -0.39 is 0 Å². The number of carbonyl (C=O) groups is 1. The van der Waals surface area contributed by atoms with Crippen molar-refractivity contribution in [2.75, 3.05) is 13.2 Å². The zero-order valence-corrected chi connectivity index (χ0v) is 11.3. The van der Waals surface area contributed by atoms with Gasteiger partial charge in [0.25, 0.3) is 5.91 Å². The topological polar surface area (TPSA) is 64.3 Å². The molecule has 0 atom stereocenters. The quantitative estimate of drug-likeness (QED) is 0.733. The maximum atomic E-state index is 11.3. The summed E-state index contributed by atoms with van der Waals surface area (Å²) in [6.07, 6.45) is 1.49. The fraction of sp³-hybridized carbons (Fsp3) is 0.385. The van der Waals surface area contributed by atoms with E-state index in [0.717, 1.165) is 12.0 Å². The number of hydrogen-bond donors (Lipinski definition) is 2. The molecule has 0 spiro atoms. The largest absolute Gasteiger partial charge is 0.484 e. The minimum absolute atomic E-state index is 0.0364. The lowest BCUT2D eigenvalue weighted by Crippen LogP contribution is -2.29. The number of hydrogen-bond acceptors (Lipinski definition) is 3. The van der Waals surface area contributed by atoms with Crippen LogP contribution in [-0.2, 0) is 11.2 Å². The fourth-order valence-corrected chi connectivity index (χ4v) is 1.54. The van der Waals surface area contributed by atoms with Crippen LogP contribution in [0, 0.1) is 0 Å². The second-order valence-electron chi connectivity index (χ2n) is 3.93. The summed E-state index contributed by atoms with van der Waals surface area (Å²) in [5, 5.41) is 2.74. The van der Waals surface area contributed by atoms with Gasteiger partial charge in [-0.15, -0.1) is 0 Å². The second-order valence-corrected chi connectivity index (χ2v) is 4.45. The Bertz CT molecular complexity index is 404. The van der Waals surface area contributed by atoms with Gasteiger partial charge in [-0.25, -0.2) is 0 Å². The average molecular weight is 266 g/mol. The van der Waals surface area contributed by atoms with Crippen molar-refractivity contribution in [3.8, 4) is 5.75 Å². The van der Waals surface area contributed by atoms with Crippen LogP contribution in [-0.4, -0.2) is 24.0 Å². The summed E-state index contributed by atoms with van der Waals surface area (Å²) >= 11 is 4.83. The van der Waals surface area contributed by atoms with Gasteiger partial charge in [-0.3, -0.25) is 4.79 Å². The maximum absolute atomic E-state index is 11.3. The highest BCUT2D eigenvalue weighted by Crippen LogP contribution is 2.12. The van der Waals surface area contributed by atoms with Crippen LogP contribution >= 0.6 is 12.2 Å². The SMILES string of the molecule is CCCNC(=O)COc1ccc(CC(N)=S)cc1. The lowest BCUT2D eigenvalue weighted by molar-refractivity contribution is -0.123. The number of thiocarbonyl (C=S) groups is 1. The zero-order chi connectivity index (χ0) is 13.4. The molecule has 3 N–H and O–H groups in total. The van der Waals surface area contributed by atoms with E-state index in [2.05, 4.69) is 5.32 Å². The van der Waals surface area contributed by atoms with Crippen molar-refractivity contribution in [2.24, 2.45) is 5.73 Å². The first-order valence-corrected chi connectivity index (χ1v) is 6.29. The molecular formula is C13H18N2O2S. The van der Waals surface area contributed by atoms with Crippen molar-refractivity contribution in [1.82, 2.24) is 5.32 Å². The molecule has 0 saturated heterocycles. The van der Waals surface area contributed by atoms with Gasteiger partial charge in [0.2, 0.25) is 0 Å². The van der Waals surface area contributed by atoms with Gasteiger partial charge < -0.3 is 15.8 Å². The molecule has 0 aliphatic rings. The van der Waals surface area contributed by atoms with Crippen LogP contribution in [0.1, 0.15) is 18.9 Å². The summed E-state index contributed by atoms with van der Waals surface area (Å²) in [6.45, 7) is 2.71. The molecule has 0 aliphatic carbocycles. The molecule has 0 heterocycles. The maximum Gasteiger partial charge on any atom is 0.257 e. The van der Waals surface area contributed by atoms with E-state index in [9.17, 15) is 4.79 Å². The molecule has 0 unspecified atom stereocenters. The van der Waals surface area contributed by atoms with Gasteiger partial charge in [0.1, 0.15) is 5.75 Å². The molecule has 0 saturated carbocycles. The number of nitrogens with one attached hydrogen (secondary N) is 1. The van der Waals surface area contributed by atoms with Gasteiger partial charge >= 0.3 is 0 Å². The lowest BCUT2D eigenvalue weighted by atomic mass is 10.1. The standard InChI is InChI=1S/C13H18N2O2S/c1-2-7-15-13(16)9-17-11-5-3-10(4-6-11)8-12(14)18/h3-6H,2,7-9H2,1H3,(H2,14,18)(H,15,16). The number of benzene rings is 1. The highest BCUT2D eigenvalue weighted by molar-refractivity contribution is 7.80.